The van der Waals surface area contributed by atoms with Crippen LogP contribution in [0.25, 0.3) is 0 Å². The van der Waals surface area contributed by atoms with Crippen LogP contribution in [0.3, 0.4) is 0 Å². The predicted molar refractivity (Wildman–Crippen MR) is 49.5 cm³/mol. The molecule has 0 radical (unpaired) electrons. The highest BCUT2D eigenvalue weighted by Crippen LogP contribution is 2.13. The zero-order chi connectivity index (χ0) is 10.7. The Morgan fingerprint density at radius 2 is 2.14 bits per heavy atom. The fraction of sp³-hybridized carbons (Fsp3) is 0.444. The molecule has 0 aliphatic rings. The number of ketones is 1. The monoisotopic (exact) mass is 196 g/mol. The molecule has 0 spiro atoms. The molecule has 5 nitrogen and oxygen atoms in total. The molecule has 0 saturated heterocycles. The van der Waals surface area contributed by atoms with Gasteiger partial charge >= 0.3 is 5.97 Å². The highest BCUT2D eigenvalue weighted by Gasteiger charge is 2.21. The predicted octanol–water partition coefficient (Wildman–Crippen LogP) is 1.26. The van der Waals surface area contributed by atoms with E-state index in [-0.39, 0.29) is 17.0 Å². The van der Waals surface area contributed by atoms with E-state index in [4.69, 9.17) is 5.11 Å². The zero-order valence-electron chi connectivity index (χ0n) is 8.13. The molecule has 76 valence electrons. The van der Waals surface area contributed by atoms with E-state index < -0.39 is 5.97 Å². The smallest absolute Gasteiger partial charge is 0.339 e. The van der Waals surface area contributed by atoms with E-state index in [0.717, 1.165) is 6.42 Å². The van der Waals surface area contributed by atoms with Crippen molar-refractivity contribution < 1.29 is 14.7 Å². The number of hydrogen-bond donors (Lipinski definition) is 2. The minimum Gasteiger partial charge on any atom is -0.478 e. The first-order chi connectivity index (χ1) is 6.57. The minimum absolute atomic E-state index is 0.0133. The summed E-state index contributed by atoms with van der Waals surface area (Å²) in [6, 6.07) is 0. The van der Waals surface area contributed by atoms with Crippen LogP contribution >= 0.6 is 0 Å². The number of nitrogens with zero attached hydrogens (tertiary/aromatic N) is 1. The molecule has 0 fully saturated rings. The van der Waals surface area contributed by atoms with E-state index in [1.807, 2.05) is 6.92 Å². The summed E-state index contributed by atoms with van der Waals surface area (Å²) in [5.41, 5.74) is 0.547. The van der Waals surface area contributed by atoms with Gasteiger partial charge in [-0.25, -0.2) is 4.79 Å². The number of aromatic carboxylic acids is 1. The van der Waals surface area contributed by atoms with Crippen LogP contribution in [0.5, 0.6) is 0 Å². The van der Waals surface area contributed by atoms with Crippen LogP contribution in [0.2, 0.25) is 0 Å². The normalized spacial score (nSPS) is 10.1. The molecular weight excluding hydrogens is 184 g/mol. The Morgan fingerprint density at radius 3 is 2.57 bits per heavy atom. The minimum atomic E-state index is -1.10. The van der Waals surface area contributed by atoms with Gasteiger partial charge in [0.1, 0.15) is 11.3 Å². The lowest BCUT2D eigenvalue weighted by molar-refractivity contribution is 0.0691. The molecule has 1 aromatic heterocycles. The topological polar surface area (TPSA) is 83.0 Å². The Balaban J connectivity index is 3.20. The highest BCUT2D eigenvalue weighted by atomic mass is 16.4. The van der Waals surface area contributed by atoms with E-state index in [1.54, 1.807) is 0 Å². The zero-order valence-corrected chi connectivity index (χ0v) is 8.13. The number of carboxylic acid groups (broad SMARTS) is 1. The van der Waals surface area contributed by atoms with Crippen LogP contribution in [-0.2, 0) is 6.42 Å². The first kappa shape index (κ1) is 10.4. The van der Waals surface area contributed by atoms with Crippen LogP contribution in [0.4, 0.5) is 0 Å². The second-order valence-corrected chi connectivity index (χ2v) is 3.04. The van der Waals surface area contributed by atoms with E-state index in [1.165, 1.54) is 6.92 Å². The molecule has 0 aliphatic carbocycles. The van der Waals surface area contributed by atoms with Gasteiger partial charge in [-0.05, 0) is 6.42 Å². The van der Waals surface area contributed by atoms with E-state index in [2.05, 4.69) is 10.2 Å². The number of carboxylic acids is 1. The van der Waals surface area contributed by atoms with Crippen LogP contribution in [-0.4, -0.2) is 27.1 Å². The molecule has 5 heteroatoms. The fourth-order valence-corrected chi connectivity index (χ4v) is 1.29. The molecule has 0 aromatic carbocycles. The van der Waals surface area contributed by atoms with Gasteiger partial charge in [-0.1, -0.05) is 13.3 Å². The molecule has 1 rings (SSSR count). The second-order valence-electron chi connectivity index (χ2n) is 3.04. The number of aryl methyl sites for hydroxylation is 1. The van der Waals surface area contributed by atoms with Crippen LogP contribution in [0, 0.1) is 0 Å². The molecule has 0 aliphatic heterocycles. The van der Waals surface area contributed by atoms with Crippen molar-refractivity contribution in [1.82, 2.24) is 10.2 Å². The maximum Gasteiger partial charge on any atom is 0.339 e. The molecular formula is C9H12N2O3. The maximum atomic E-state index is 11.0. The maximum absolute atomic E-state index is 11.0. The molecule has 2 N–H and O–H groups in total. The van der Waals surface area contributed by atoms with Gasteiger partial charge in [0.2, 0.25) is 0 Å². The number of carbonyl (C=O) groups is 2. The number of rotatable bonds is 4. The van der Waals surface area contributed by atoms with Gasteiger partial charge < -0.3 is 5.11 Å². The number of Topliss-reactive ketones (excluding diaryl/α,β-unsaturated/α-hetero) is 1. The molecule has 14 heavy (non-hydrogen) atoms. The third kappa shape index (κ3) is 1.81. The van der Waals surface area contributed by atoms with Crippen molar-refractivity contribution in [2.45, 2.75) is 26.7 Å². The van der Waals surface area contributed by atoms with Crippen molar-refractivity contribution in [1.29, 1.82) is 0 Å². The summed E-state index contributed by atoms with van der Waals surface area (Å²) in [5.74, 6) is -1.44. The third-order valence-electron chi connectivity index (χ3n) is 1.89. The highest BCUT2D eigenvalue weighted by molar-refractivity contribution is 6.04. The Kier molecular flexibility index (Phi) is 3.01. The van der Waals surface area contributed by atoms with Crippen molar-refractivity contribution in [3.05, 3.63) is 17.0 Å². The van der Waals surface area contributed by atoms with Gasteiger partial charge in [0.15, 0.2) is 5.78 Å². The van der Waals surface area contributed by atoms with Crippen LogP contribution in [0.1, 0.15) is 46.8 Å². The largest absolute Gasteiger partial charge is 0.478 e. The Bertz CT molecular complexity index is 368. The second kappa shape index (κ2) is 4.04. The van der Waals surface area contributed by atoms with Gasteiger partial charge in [-0.15, -0.1) is 0 Å². The summed E-state index contributed by atoms with van der Waals surface area (Å²) in [4.78, 5) is 21.9. The number of aromatic amines is 1. The lowest BCUT2D eigenvalue weighted by atomic mass is 10.1. The number of aromatic nitrogens is 2. The van der Waals surface area contributed by atoms with Crippen molar-refractivity contribution in [3.8, 4) is 0 Å². The first-order valence-electron chi connectivity index (χ1n) is 4.39. The molecule has 0 amide bonds. The molecule has 1 heterocycles. The molecule has 0 atom stereocenters. The standard InChI is InChI=1S/C9H12N2O3/c1-3-4-6-7(9(13)14)8(5(2)12)11-10-6/h3-4H2,1-2H3,(H,10,11)(H,13,14). The molecule has 0 bridgehead atoms. The molecule has 0 unspecified atom stereocenters. The first-order valence-corrected chi connectivity index (χ1v) is 4.39. The summed E-state index contributed by atoms with van der Waals surface area (Å²) in [7, 11) is 0. The average Bonchev–Trinajstić information content (AvgIpc) is 2.48. The molecule has 0 saturated carbocycles. The lowest BCUT2D eigenvalue weighted by Crippen LogP contribution is -2.06. The Labute approximate surface area is 81.1 Å². The van der Waals surface area contributed by atoms with Gasteiger partial charge in [0.25, 0.3) is 0 Å². The quantitative estimate of drug-likeness (QED) is 0.710. The van der Waals surface area contributed by atoms with Crippen molar-refractivity contribution in [3.63, 3.8) is 0 Å². The van der Waals surface area contributed by atoms with E-state index in [0.29, 0.717) is 12.1 Å². The Morgan fingerprint density at radius 1 is 1.50 bits per heavy atom. The number of carbonyl (C=O) groups excluding carboxylic acids is 1. The molecule has 1 aromatic rings. The number of nitrogens with one attached hydrogen (secondary N) is 1. The van der Waals surface area contributed by atoms with Gasteiger partial charge in [0, 0.05) is 6.92 Å². The average molecular weight is 196 g/mol. The van der Waals surface area contributed by atoms with E-state index in [9.17, 15) is 9.59 Å². The van der Waals surface area contributed by atoms with Gasteiger partial charge in [-0.2, -0.15) is 5.10 Å². The van der Waals surface area contributed by atoms with Crippen LogP contribution in [0.15, 0.2) is 0 Å². The number of H-pyrrole nitrogens is 1. The summed E-state index contributed by atoms with van der Waals surface area (Å²) >= 11 is 0. The summed E-state index contributed by atoms with van der Waals surface area (Å²) < 4.78 is 0. The fourth-order valence-electron chi connectivity index (χ4n) is 1.29. The van der Waals surface area contributed by atoms with Crippen molar-refractivity contribution >= 4 is 11.8 Å². The van der Waals surface area contributed by atoms with Gasteiger partial charge in [0.05, 0.1) is 5.69 Å². The van der Waals surface area contributed by atoms with E-state index >= 15 is 0 Å². The van der Waals surface area contributed by atoms with Crippen LogP contribution < -0.4 is 0 Å². The Hall–Kier alpha value is -1.65. The SMILES string of the molecule is CCCc1[nH]nc(C(C)=O)c1C(=O)O. The third-order valence-corrected chi connectivity index (χ3v) is 1.89. The lowest BCUT2D eigenvalue weighted by Gasteiger charge is -1.96. The van der Waals surface area contributed by atoms with Crippen molar-refractivity contribution in [2.24, 2.45) is 0 Å². The number of hydrogen-bond acceptors (Lipinski definition) is 3. The van der Waals surface area contributed by atoms with Gasteiger partial charge in [-0.3, -0.25) is 9.89 Å². The summed E-state index contributed by atoms with van der Waals surface area (Å²) in [6.45, 7) is 3.23. The summed E-state index contributed by atoms with van der Waals surface area (Å²) in [6.07, 6.45) is 1.39. The summed E-state index contributed by atoms with van der Waals surface area (Å²) in [5, 5.41) is 15.2. The van der Waals surface area contributed by atoms with Crippen molar-refractivity contribution in [2.75, 3.05) is 0 Å².